The minimum Gasteiger partial charge on any atom is -0.478 e. The van der Waals surface area contributed by atoms with Crippen molar-refractivity contribution in [3.05, 3.63) is 74.2 Å². The van der Waals surface area contributed by atoms with Crippen molar-refractivity contribution in [3.8, 4) is 0 Å². The van der Waals surface area contributed by atoms with Gasteiger partial charge in [0.1, 0.15) is 5.82 Å². The molecule has 2 aromatic carbocycles. The van der Waals surface area contributed by atoms with Crippen molar-refractivity contribution >= 4 is 44.5 Å². The number of carbonyl (C=O) groups is 1. The molecule has 0 saturated heterocycles. The van der Waals surface area contributed by atoms with Crippen molar-refractivity contribution in [2.75, 3.05) is 0 Å². The van der Waals surface area contributed by atoms with Gasteiger partial charge >= 0.3 is 5.97 Å². The van der Waals surface area contributed by atoms with E-state index < -0.39 is 5.97 Å². The van der Waals surface area contributed by atoms with Crippen LogP contribution in [-0.4, -0.2) is 20.6 Å². The van der Waals surface area contributed by atoms with Gasteiger partial charge in [0, 0.05) is 11.0 Å². The molecule has 6 heteroatoms. The number of nitrogens with zero attached hydrogens (tertiary/aromatic N) is 2. The average Bonchev–Trinajstić information content (AvgIpc) is 2.97. The van der Waals surface area contributed by atoms with Gasteiger partial charge in [-0.2, -0.15) is 0 Å². The van der Waals surface area contributed by atoms with E-state index in [2.05, 4.69) is 20.9 Å². The molecule has 0 unspecified atom stereocenters. The Labute approximate surface area is 151 Å². The van der Waals surface area contributed by atoms with Crippen LogP contribution in [0.25, 0.3) is 22.6 Å². The fraction of sp³-hybridized carbons (Fsp3) is 0.105. The minimum atomic E-state index is -1.03. The molecule has 1 aromatic heterocycles. The Hall–Kier alpha value is -2.73. The second-order valence-electron chi connectivity index (χ2n) is 5.90. The molecular formula is C19H13BrN2O3. The van der Waals surface area contributed by atoms with E-state index in [4.69, 9.17) is 5.11 Å². The molecule has 1 N–H and O–H groups in total. The molecule has 1 aliphatic heterocycles. The molecule has 0 atom stereocenters. The summed E-state index contributed by atoms with van der Waals surface area (Å²) in [6.07, 6.45) is 2.74. The van der Waals surface area contributed by atoms with Crippen molar-refractivity contribution in [1.29, 1.82) is 0 Å². The van der Waals surface area contributed by atoms with Crippen molar-refractivity contribution in [2.24, 2.45) is 0 Å². The zero-order valence-electron chi connectivity index (χ0n) is 13.1. The van der Waals surface area contributed by atoms with Crippen LogP contribution in [0.2, 0.25) is 0 Å². The van der Waals surface area contributed by atoms with Crippen molar-refractivity contribution in [3.63, 3.8) is 0 Å². The summed E-state index contributed by atoms with van der Waals surface area (Å²) in [5, 5.41) is 9.59. The zero-order valence-corrected chi connectivity index (χ0v) is 14.7. The second kappa shape index (κ2) is 5.97. The monoisotopic (exact) mass is 396 g/mol. The summed E-state index contributed by atoms with van der Waals surface area (Å²) in [6, 6.07) is 12.3. The van der Waals surface area contributed by atoms with Crippen molar-refractivity contribution < 1.29 is 9.90 Å². The van der Waals surface area contributed by atoms with E-state index in [-0.39, 0.29) is 11.1 Å². The Bertz CT molecular complexity index is 1120. The summed E-state index contributed by atoms with van der Waals surface area (Å²) in [4.78, 5) is 28.4. The Morgan fingerprint density at radius 2 is 2.08 bits per heavy atom. The molecule has 3 aromatic rings. The number of hydrogen-bond acceptors (Lipinski definition) is 3. The number of halogens is 1. The first-order valence-electron chi connectivity index (χ1n) is 7.77. The maximum Gasteiger partial charge on any atom is 0.335 e. The highest BCUT2D eigenvalue weighted by Gasteiger charge is 2.21. The molecule has 0 aliphatic carbocycles. The SMILES string of the molecule is O=C(O)c1ccc2c(=O)n3c(nc2c1)/C(=C/c1cccc(Br)c1)CC3. The number of carboxylic acid groups (broad SMARTS) is 1. The fourth-order valence-corrected chi connectivity index (χ4v) is 3.50. The van der Waals surface area contributed by atoms with E-state index in [0.717, 1.165) is 22.0 Å². The third-order valence-electron chi connectivity index (χ3n) is 4.28. The average molecular weight is 397 g/mol. The maximum atomic E-state index is 12.7. The van der Waals surface area contributed by atoms with Gasteiger partial charge in [0.2, 0.25) is 0 Å². The molecule has 0 amide bonds. The van der Waals surface area contributed by atoms with Gasteiger partial charge in [-0.3, -0.25) is 9.36 Å². The van der Waals surface area contributed by atoms with Gasteiger partial charge in [-0.1, -0.05) is 28.1 Å². The van der Waals surface area contributed by atoms with Gasteiger partial charge in [0.05, 0.1) is 16.5 Å². The highest BCUT2D eigenvalue weighted by molar-refractivity contribution is 9.10. The first kappa shape index (κ1) is 15.8. The number of allylic oxidation sites excluding steroid dienone is 1. The van der Waals surface area contributed by atoms with E-state index >= 15 is 0 Å². The normalized spacial score (nSPS) is 14.8. The van der Waals surface area contributed by atoms with Crippen LogP contribution in [0.15, 0.2) is 51.7 Å². The Kier molecular flexibility index (Phi) is 3.77. The van der Waals surface area contributed by atoms with Crippen LogP contribution in [0, 0.1) is 0 Å². The number of aromatic carboxylic acids is 1. The summed E-state index contributed by atoms with van der Waals surface area (Å²) in [7, 11) is 0. The molecule has 124 valence electrons. The standard InChI is InChI=1S/C19H13BrN2O3/c20-14-3-1-2-11(9-14)8-12-6-7-22-17(12)21-16-10-13(19(24)25)4-5-15(16)18(22)23/h1-5,8-10H,6-7H2,(H,24,25)/b12-8+. The summed E-state index contributed by atoms with van der Waals surface area (Å²) in [5.41, 5.74) is 2.40. The molecule has 1 aliphatic rings. The maximum absolute atomic E-state index is 12.7. The summed E-state index contributed by atoms with van der Waals surface area (Å²) >= 11 is 3.45. The second-order valence-corrected chi connectivity index (χ2v) is 6.82. The predicted molar refractivity (Wildman–Crippen MR) is 99.6 cm³/mol. The molecule has 4 rings (SSSR count). The first-order chi connectivity index (χ1) is 12.0. The van der Waals surface area contributed by atoms with Crippen LogP contribution in [-0.2, 0) is 6.54 Å². The van der Waals surface area contributed by atoms with Crippen LogP contribution in [0.4, 0.5) is 0 Å². The summed E-state index contributed by atoms with van der Waals surface area (Å²) in [5.74, 6) is -0.422. The first-order valence-corrected chi connectivity index (χ1v) is 8.56. The zero-order chi connectivity index (χ0) is 17.6. The largest absolute Gasteiger partial charge is 0.478 e. The topological polar surface area (TPSA) is 72.2 Å². The number of benzene rings is 2. The molecule has 0 saturated carbocycles. The van der Waals surface area contributed by atoms with Crippen LogP contribution >= 0.6 is 15.9 Å². The highest BCUT2D eigenvalue weighted by Crippen LogP contribution is 2.28. The lowest BCUT2D eigenvalue weighted by atomic mass is 10.1. The molecular weight excluding hydrogens is 384 g/mol. The van der Waals surface area contributed by atoms with E-state index in [1.54, 1.807) is 4.57 Å². The van der Waals surface area contributed by atoms with Gasteiger partial charge in [0.25, 0.3) is 5.56 Å². The lowest BCUT2D eigenvalue weighted by Crippen LogP contribution is -2.20. The van der Waals surface area contributed by atoms with Gasteiger partial charge in [-0.15, -0.1) is 0 Å². The third-order valence-corrected chi connectivity index (χ3v) is 4.78. The number of hydrogen-bond donors (Lipinski definition) is 1. The Morgan fingerprint density at radius 1 is 1.24 bits per heavy atom. The quantitative estimate of drug-likeness (QED) is 0.714. The molecule has 0 bridgehead atoms. The number of fused-ring (bicyclic) bond motifs is 2. The Morgan fingerprint density at radius 3 is 2.84 bits per heavy atom. The van der Waals surface area contributed by atoms with E-state index in [0.29, 0.717) is 23.3 Å². The lowest BCUT2D eigenvalue weighted by Gasteiger charge is -2.06. The highest BCUT2D eigenvalue weighted by atomic mass is 79.9. The number of carboxylic acids is 1. The van der Waals surface area contributed by atoms with E-state index in [1.807, 2.05) is 30.3 Å². The number of aromatic nitrogens is 2. The molecule has 0 radical (unpaired) electrons. The summed E-state index contributed by atoms with van der Waals surface area (Å²) in [6.45, 7) is 0.581. The van der Waals surface area contributed by atoms with Gasteiger partial charge in [-0.25, -0.2) is 9.78 Å². The van der Waals surface area contributed by atoms with Crippen LogP contribution < -0.4 is 5.56 Å². The molecule has 5 nitrogen and oxygen atoms in total. The molecule has 2 heterocycles. The summed E-state index contributed by atoms with van der Waals surface area (Å²) < 4.78 is 2.64. The van der Waals surface area contributed by atoms with Gasteiger partial charge in [-0.05, 0) is 54.0 Å². The van der Waals surface area contributed by atoms with Crippen LogP contribution in [0.3, 0.4) is 0 Å². The predicted octanol–water partition coefficient (Wildman–Crippen LogP) is 3.80. The van der Waals surface area contributed by atoms with Gasteiger partial charge < -0.3 is 5.11 Å². The smallest absolute Gasteiger partial charge is 0.335 e. The van der Waals surface area contributed by atoms with Gasteiger partial charge in [0.15, 0.2) is 0 Å². The molecule has 0 fully saturated rings. The van der Waals surface area contributed by atoms with E-state index in [9.17, 15) is 9.59 Å². The van der Waals surface area contributed by atoms with E-state index in [1.165, 1.54) is 18.2 Å². The van der Waals surface area contributed by atoms with Crippen LogP contribution in [0.1, 0.15) is 28.2 Å². The fourth-order valence-electron chi connectivity index (χ4n) is 3.08. The number of rotatable bonds is 2. The van der Waals surface area contributed by atoms with Crippen molar-refractivity contribution in [1.82, 2.24) is 9.55 Å². The minimum absolute atomic E-state index is 0.125. The lowest BCUT2D eigenvalue weighted by molar-refractivity contribution is 0.0697. The van der Waals surface area contributed by atoms with Crippen LogP contribution in [0.5, 0.6) is 0 Å². The Balaban J connectivity index is 1.90. The third kappa shape index (κ3) is 2.78. The molecule has 25 heavy (non-hydrogen) atoms. The molecule has 0 spiro atoms. The van der Waals surface area contributed by atoms with Crippen molar-refractivity contribution in [2.45, 2.75) is 13.0 Å².